The van der Waals surface area contributed by atoms with Crippen molar-refractivity contribution in [2.24, 2.45) is 11.0 Å². The van der Waals surface area contributed by atoms with Crippen molar-refractivity contribution >= 4 is 46.9 Å². The minimum absolute atomic E-state index is 0.0568. The molecule has 2 aromatic rings. The fourth-order valence-corrected chi connectivity index (χ4v) is 3.60. The van der Waals surface area contributed by atoms with Crippen LogP contribution in [0.3, 0.4) is 0 Å². The fourth-order valence-electron chi connectivity index (χ4n) is 3.15. The number of benzene rings is 2. The number of carbonyl (C=O) groups is 2. The third kappa shape index (κ3) is 5.57. The van der Waals surface area contributed by atoms with Crippen LogP contribution in [0.4, 0.5) is 5.69 Å². The highest BCUT2D eigenvalue weighted by molar-refractivity contribution is 6.36. The summed E-state index contributed by atoms with van der Waals surface area (Å²) in [4.78, 5) is 24.5. The van der Waals surface area contributed by atoms with Crippen molar-refractivity contribution in [3.8, 4) is 0 Å². The van der Waals surface area contributed by atoms with Crippen LogP contribution in [0.15, 0.2) is 47.6 Å². The maximum Gasteiger partial charge on any atom is 0.271 e. The molecule has 0 unspecified atom stereocenters. The summed E-state index contributed by atoms with van der Waals surface area (Å²) >= 11 is 11.9. The normalized spacial score (nSPS) is 14.8. The Morgan fingerprint density at radius 2 is 1.71 bits per heavy atom. The lowest BCUT2D eigenvalue weighted by Gasteiger charge is -2.20. The molecule has 1 aliphatic rings. The molecule has 0 saturated heterocycles. The number of amides is 2. The summed E-state index contributed by atoms with van der Waals surface area (Å²) in [5, 5.41) is 7.82. The molecule has 1 aliphatic carbocycles. The van der Waals surface area contributed by atoms with E-state index in [0.29, 0.717) is 26.9 Å². The largest absolute Gasteiger partial charge is 0.326 e. The molecule has 1 saturated carbocycles. The zero-order valence-corrected chi connectivity index (χ0v) is 16.8. The van der Waals surface area contributed by atoms with Crippen LogP contribution in [0.25, 0.3) is 0 Å². The molecule has 2 amide bonds. The summed E-state index contributed by atoms with van der Waals surface area (Å²) in [6, 6.07) is 11.7. The van der Waals surface area contributed by atoms with Gasteiger partial charge in [0.25, 0.3) is 5.91 Å². The van der Waals surface area contributed by atoms with Crippen molar-refractivity contribution in [2.75, 3.05) is 5.32 Å². The second-order valence-corrected chi connectivity index (χ2v) is 7.61. The van der Waals surface area contributed by atoms with Gasteiger partial charge in [0.15, 0.2) is 0 Å². The van der Waals surface area contributed by atoms with Crippen molar-refractivity contribution in [3.05, 3.63) is 63.6 Å². The monoisotopic (exact) mass is 417 g/mol. The van der Waals surface area contributed by atoms with Crippen molar-refractivity contribution in [1.82, 2.24) is 5.43 Å². The molecular weight excluding hydrogens is 397 g/mol. The number of nitrogens with one attached hydrogen (secondary N) is 2. The van der Waals surface area contributed by atoms with Crippen LogP contribution >= 0.6 is 23.2 Å². The highest BCUT2D eigenvalue weighted by atomic mass is 35.5. The first-order valence-corrected chi connectivity index (χ1v) is 9.98. The van der Waals surface area contributed by atoms with Gasteiger partial charge in [-0.3, -0.25) is 9.59 Å². The average Bonchev–Trinajstić information content (AvgIpc) is 2.70. The van der Waals surface area contributed by atoms with Gasteiger partial charge in [-0.15, -0.1) is 0 Å². The first kappa shape index (κ1) is 20.4. The van der Waals surface area contributed by atoms with Gasteiger partial charge in [-0.25, -0.2) is 5.43 Å². The zero-order chi connectivity index (χ0) is 19.9. The summed E-state index contributed by atoms with van der Waals surface area (Å²) in [6.07, 6.45) is 6.78. The Labute approximate surface area is 174 Å². The Balaban J connectivity index is 1.54. The van der Waals surface area contributed by atoms with Gasteiger partial charge in [0.1, 0.15) is 0 Å². The van der Waals surface area contributed by atoms with Gasteiger partial charge in [-0.05, 0) is 49.2 Å². The number of hydrogen-bond acceptors (Lipinski definition) is 3. The van der Waals surface area contributed by atoms with Crippen molar-refractivity contribution in [1.29, 1.82) is 0 Å². The number of hydrogen-bond donors (Lipinski definition) is 2. The van der Waals surface area contributed by atoms with E-state index in [0.717, 1.165) is 25.7 Å². The van der Waals surface area contributed by atoms with E-state index in [1.54, 1.807) is 42.5 Å². The van der Waals surface area contributed by atoms with Gasteiger partial charge in [-0.1, -0.05) is 48.5 Å². The first-order chi connectivity index (χ1) is 13.5. The number of nitrogens with zero attached hydrogens (tertiary/aromatic N) is 1. The van der Waals surface area contributed by atoms with Gasteiger partial charge in [0.05, 0.1) is 11.2 Å². The lowest BCUT2D eigenvalue weighted by Crippen LogP contribution is -2.24. The highest BCUT2D eigenvalue weighted by Gasteiger charge is 2.21. The molecule has 1 fully saturated rings. The van der Waals surface area contributed by atoms with E-state index >= 15 is 0 Å². The molecule has 2 N–H and O–H groups in total. The van der Waals surface area contributed by atoms with E-state index in [1.807, 2.05) is 0 Å². The molecule has 0 radical (unpaired) electrons. The smallest absolute Gasteiger partial charge is 0.271 e. The van der Waals surface area contributed by atoms with E-state index in [1.165, 1.54) is 12.6 Å². The van der Waals surface area contributed by atoms with Crippen molar-refractivity contribution < 1.29 is 9.59 Å². The maximum absolute atomic E-state index is 12.3. The fraction of sp³-hybridized carbons (Fsp3) is 0.286. The van der Waals surface area contributed by atoms with E-state index < -0.39 is 0 Å². The molecule has 0 aromatic heterocycles. The van der Waals surface area contributed by atoms with Crippen LogP contribution in [-0.4, -0.2) is 18.0 Å². The zero-order valence-electron chi connectivity index (χ0n) is 15.3. The summed E-state index contributed by atoms with van der Waals surface area (Å²) in [6.45, 7) is 0. The van der Waals surface area contributed by atoms with Crippen LogP contribution in [0, 0.1) is 5.92 Å². The summed E-state index contributed by atoms with van der Waals surface area (Å²) < 4.78 is 0. The second-order valence-electron chi connectivity index (χ2n) is 6.77. The van der Waals surface area contributed by atoms with Crippen LogP contribution in [0.2, 0.25) is 10.0 Å². The summed E-state index contributed by atoms with van der Waals surface area (Å²) in [7, 11) is 0. The van der Waals surface area contributed by atoms with Gasteiger partial charge >= 0.3 is 0 Å². The predicted octanol–water partition coefficient (Wildman–Crippen LogP) is 5.28. The maximum atomic E-state index is 12.3. The van der Waals surface area contributed by atoms with E-state index in [4.69, 9.17) is 23.2 Å². The number of anilines is 1. The minimum Gasteiger partial charge on any atom is -0.326 e. The molecular formula is C21H21Cl2N3O2. The van der Waals surface area contributed by atoms with Crippen molar-refractivity contribution in [2.45, 2.75) is 32.1 Å². The summed E-state index contributed by atoms with van der Waals surface area (Å²) in [5.74, 6) is -0.210. The Morgan fingerprint density at radius 1 is 1.00 bits per heavy atom. The Kier molecular flexibility index (Phi) is 7.06. The lowest BCUT2D eigenvalue weighted by atomic mass is 9.88. The van der Waals surface area contributed by atoms with E-state index in [2.05, 4.69) is 15.8 Å². The Bertz CT molecular complexity index is 876. The molecule has 7 heteroatoms. The molecule has 2 aromatic carbocycles. The number of carbonyl (C=O) groups excluding carboxylic acids is 2. The minimum atomic E-state index is -0.355. The second kappa shape index (κ2) is 9.71. The topological polar surface area (TPSA) is 70.6 Å². The molecule has 5 nitrogen and oxygen atoms in total. The van der Waals surface area contributed by atoms with Gasteiger partial charge < -0.3 is 5.32 Å². The molecule has 3 rings (SSSR count). The van der Waals surface area contributed by atoms with E-state index in [9.17, 15) is 9.59 Å². The SMILES string of the molecule is O=C(NN=Cc1ccc(Cl)cc1Cl)c1ccc(NC(=O)C2CCCCC2)cc1. The third-order valence-corrected chi connectivity index (χ3v) is 5.29. The molecule has 0 spiro atoms. The number of halogens is 2. The van der Waals surface area contributed by atoms with Crippen LogP contribution in [0.1, 0.15) is 48.0 Å². The number of rotatable bonds is 5. The molecule has 146 valence electrons. The summed E-state index contributed by atoms with van der Waals surface area (Å²) in [5.41, 5.74) is 4.22. The average molecular weight is 418 g/mol. The Hall–Kier alpha value is -2.37. The molecule has 0 bridgehead atoms. The molecule has 28 heavy (non-hydrogen) atoms. The lowest BCUT2D eigenvalue weighted by molar-refractivity contribution is -0.120. The van der Waals surface area contributed by atoms with Crippen molar-refractivity contribution in [3.63, 3.8) is 0 Å². The van der Waals surface area contributed by atoms with Gasteiger partial charge in [0.2, 0.25) is 5.91 Å². The van der Waals surface area contributed by atoms with Crippen LogP contribution < -0.4 is 10.7 Å². The van der Waals surface area contributed by atoms with Crippen LogP contribution in [-0.2, 0) is 4.79 Å². The molecule has 0 atom stereocenters. The van der Waals surface area contributed by atoms with Gasteiger partial charge in [-0.2, -0.15) is 5.10 Å². The standard InChI is InChI=1S/C21H21Cl2N3O2/c22-17-9-6-16(19(23)12-17)13-24-26-21(28)15-7-10-18(11-8-15)25-20(27)14-4-2-1-3-5-14/h6-14H,1-5H2,(H,25,27)(H,26,28). The Morgan fingerprint density at radius 3 is 2.39 bits per heavy atom. The third-order valence-electron chi connectivity index (χ3n) is 4.72. The molecule has 0 aliphatic heterocycles. The van der Waals surface area contributed by atoms with Crippen LogP contribution in [0.5, 0.6) is 0 Å². The number of hydrazone groups is 1. The quantitative estimate of drug-likeness (QED) is 0.513. The first-order valence-electron chi connectivity index (χ1n) is 9.22. The van der Waals surface area contributed by atoms with Gasteiger partial charge in [0, 0.05) is 27.8 Å². The predicted molar refractivity (Wildman–Crippen MR) is 113 cm³/mol. The highest BCUT2D eigenvalue weighted by Crippen LogP contribution is 2.25. The van der Waals surface area contributed by atoms with E-state index in [-0.39, 0.29) is 17.7 Å². The molecule has 0 heterocycles.